The van der Waals surface area contributed by atoms with Gasteiger partial charge in [0.1, 0.15) is 30.3 Å². The molecule has 0 bridgehead atoms. The van der Waals surface area contributed by atoms with E-state index in [1.807, 2.05) is 13.0 Å². The van der Waals surface area contributed by atoms with Gasteiger partial charge in [0.25, 0.3) is 0 Å². The summed E-state index contributed by atoms with van der Waals surface area (Å²) in [5.74, 6) is 1.75. The Kier molecular flexibility index (Phi) is 4.55. The molecule has 1 aliphatic heterocycles. The van der Waals surface area contributed by atoms with E-state index in [1.54, 1.807) is 31.2 Å². The fraction of sp³-hybridized carbons (Fsp3) is 0.273. The van der Waals surface area contributed by atoms with Gasteiger partial charge in [0, 0.05) is 13.0 Å². The number of esters is 1. The molecule has 6 nitrogen and oxygen atoms in total. The van der Waals surface area contributed by atoms with Crippen molar-refractivity contribution in [1.82, 2.24) is 0 Å². The van der Waals surface area contributed by atoms with Crippen molar-refractivity contribution < 1.29 is 23.4 Å². The van der Waals surface area contributed by atoms with E-state index in [0.717, 1.165) is 5.56 Å². The van der Waals surface area contributed by atoms with E-state index in [4.69, 9.17) is 18.6 Å². The summed E-state index contributed by atoms with van der Waals surface area (Å²) in [7, 11) is 0. The number of hydrogen-bond acceptors (Lipinski definition) is 6. The minimum absolute atomic E-state index is 0.139. The highest BCUT2D eigenvalue weighted by Gasteiger charge is 2.19. The molecule has 1 aromatic heterocycles. The first-order chi connectivity index (χ1) is 13.5. The maximum Gasteiger partial charge on any atom is 0.308 e. The average molecular weight is 380 g/mol. The molecule has 0 fully saturated rings. The number of hydrogen-bond donors (Lipinski definition) is 0. The third-order valence-electron chi connectivity index (χ3n) is 4.71. The molecule has 2 aromatic carbocycles. The fourth-order valence-electron chi connectivity index (χ4n) is 3.44. The van der Waals surface area contributed by atoms with Crippen LogP contribution in [0.1, 0.15) is 25.2 Å². The van der Waals surface area contributed by atoms with Gasteiger partial charge < -0.3 is 18.6 Å². The van der Waals surface area contributed by atoms with Gasteiger partial charge in [-0.1, -0.05) is 13.0 Å². The van der Waals surface area contributed by atoms with Crippen LogP contribution in [0.15, 0.2) is 39.5 Å². The number of carbonyl (C=O) groups is 1. The van der Waals surface area contributed by atoms with Gasteiger partial charge in [-0.2, -0.15) is 0 Å². The van der Waals surface area contributed by atoms with Gasteiger partial charge >= 0.3 is 5.97 Å². The molecule has 0 saturated heterocycles. The molecule has 0 N–H and O–H groups in total. The largest absolute Gasteiger partial charge is 0.486 e. The van der Waals surface area contributed by atoms with Crippen molar-refractivity contribution >= 4 is 16.9 Å². The maximum absolute atomic E-state index is 13.3. The quantitative estimate of drug-likeness (QED) is 0.504. The van der Waals surface area contributed by atoms with E-state index >= 15 is 0 Å². The Labute approximate surface area is 161 Å². The van der Waals surface area contributed by atoms with Crippen molar-refractivity contribution in [3.05, 3.63) is 51.9 Å². The van der Waals surface area contributed by atoms with E-state index in [-0.39, 0.29) is 5.43 Å². The molecule has 28 heavy (non-hydrogen) atoms. The van der Waals surface area contributed by atoms with Gasteiger partial charge in [0.05, 0.1) is 10.9 Å². The number of aryl methyl sites for hydroxylation is 2. The lowest BCUT2D eigenvalue weighted by atomic mass is 10.00. The molecule has 4 rings (SSSR count). The molecule has 2 heterocycles. The van der Waals surface area contributed by atoms with Crippen LogP contribution in [0.3, 0.4) is 0 Å². The minimum atomic E-state index is -0.416. The van der Waals surface area contributed by atoms with Gasteiger partial charge in [-0.15, -0.1) is 0 Å². The minimum Gasteiger partial charge on any atom is -0.486 e. The molecule has 144 valence electrons. The summed E-state index contributed by atoms with van der Waals surface area (Å²) in [6.07, 6.45) is 0.616. The number of fused-ring (bicyclic) bond motifs is 2. The first-order valence-electron chi connectivity index (χ1n) is 9.16. The van der Waals surface area contributed by atoms with Crippen molar-refractivity contribution in [3.63, 3.8) is 0 Å². The third kappa shape index (κ3) is 3.11. The predicted octanol–water partition coefficient (Wildman–Crippen LogP) is 4.03. The van der Waals surface area contributed by atoms with Gasteiger partial charge in [-0.05, 0) is 42.7 Å². The molecule has 0 spiro atoms. The predicted molar refractivity (Wildman–Crippen MR) is 104 cm³/mol. The van der Waals surface area contributed by atoms with Gasteiger partial charge in [-0.3, -0.25) is 9.59 Å². The molecule has 0 unspecified atom stereocenters. The summed E-state index contributed by atoms with van der Waals surface area (Å²) in [4.78, 5) is 24.7. The molecule has 0 saturated carbocycles. The molecule has 0 radical (unpaired) electrons. The van der Waals surface area contributed by atoms with Crippen LogP contribution in [0.4, 0.5) is 0 Å². The lowest BCUT2D eigenvalue weighted by Crippen LogP contribution is -2.15. The Morgan fingerprint density at radius 3 is 2.57 bits per heavy atom. The smallest absolute Gasteiger partial charge is 0.308 e. The number of ether oxygens (including phenoxy) is 3. The molecule has 0 aliphatic carbocycles. The maximum atomic E-state index is 13.3. The SMILES string of the molecule is CCc1cc2c(=O)c(-c3ccc4c(c3)OCCO4)c(C)oc2cc1OC(C)=O. The fourth-order valence-corrected chi connectivity index (χ4v) is 3.44. The number of benzene rings is 2. The second-order valence-corrected chi connectivity index (χ2v) is 6.62. The van der Waals surface area contributed by atoms with Crippen molar-refractivity contribution in [3.8, 4) is 28.4 Å². The van der Waals surface area contributed by atoms with E-state index < -0.39 is 5.97 Å². The second-order valence-electron chi connectivity index (χ2n) is 6.62. The van der Waals surface area contributed by atoms with Crippen molar-refractivity contribution in [2.75, 3.05) is 13.2 Å². The number of carbonyl (C=O) groups excluding carboxylic acids is 1. The van der Waals surface area contributed by atoms with Crippen LogP contribution in [0.2, 0.25) is 0 Å². The Hall–Kier alpha value is -3.28. The highest BCUT2D eigenvalue weighted by atomic mass is 16.6. The Morgan fingerprint density at radius 2 is 1.86 bits per heavy atom. The summed E-state index contributed by atoms with van der Waals surface area (Å²) >= 11 is 0. The van der Waals surface area contributed by atoms with Gasteiger partial charge in [0.15, 0.2) is 11.5 Å². The zero-order valence-corrected chi connectivity index (χ0v) is 16.0. The molecular weight excluding hydrogens is 360 g/mol. The van der Waals surface area contributed by atoms with Gasteiger partial charge in [-0.25, -0.2) is 0 Å². The summed E-state index contributed by atoms with van der Waals surface area (Å²) in [5.41, 5.74) is 2.20. The molecule has 1 aliphatic rings. The van der Waals surface area contributed by atoms with Crippen LogP contribution in [-0.2, 0) is 11.2 Å². The van der Waals surface area contributed by atoms with Crippen molar-refractivity contribution in [2.24, 2.45) is 0 Å². The zero-order valence-electron chi connectivity index (χ0n) is 16.0. The standard InChI is InChI=1S/C22H20O6/c1-4-14-9-16-19(11-18(14)28-13(3)23)27-12(2)21(22(16)24)15-5-6-17-20(10-15)26-8-7-25-17/h5-6,9-11H,4,7-8H2,1-3H3. The monoisotopic (exact) mass is 380 g/mol. The van der Waals surface area contributed by atoms with E-state index in [0.29, 0.717) is 64.7 Å². The second kappa shape index (κ2) is 7.03. The van der Waals surface area contributed by atoms with Crippen LogP contribution >= 0.6 is 0 Å². The zero-order chi connectivity index (χ0) is 19.8. The molecule has 0 amide bonds. The van der Waals surface area contributed by atoms with E-state index in [2.05, 4.69) is 0 Å². The lowest BCUT2D eigenvalue weighted by Gasteiger charge is -2.19. The summed E-state index contributed by atoms with van der Waals surface area (Å²) in [6.45, 7) is 6.00. The van der Waals surface area contributed by atoms with Crippen LogP contribution in [0, 0.1) is 6.92 Å². The van der Waals surface area contributed by atoms with E-state index in [9.17, 15) is 9.59 Å². The normalized spacial score (nSPS) is 12.8. The van der Waals surface area contributed by atoms with Gasteiger partial charge in [0.2, 0.25) is 5.43 Å². The highest BCUT2D eigenvalue weighted by molar-refractivity contribution is 5.86. The molecule has 3 aromatic rings. The Bertz CT molecular complexity index is 1140. The first-order valence-corrected chi connectivity index (χ1v) is 9.16. The van der Waals surface area contributed by atoms with Crippen LogP contribution in [-0.4, -0.2) is 19.2 Å². The lowest BCUT2D eigenvalue weighted by molar-refractivity contribution is -0.131. The van der Waals surface area contributed by atoms with Crippen molar-refractivity contribution in [1.29, 1.82) is 0 Å². The third-order valence-corrected chi connectivity index (χ3v) is 4.71. The first kappa shape index (κ1) is 18.1. The molecule has 0 atom stereocenters. The van der Waals surface area contributed by atoms with Crippen LogP contribution < -0.4 is 19.6 Å². The topological polar surface area (TPSA) is 75.0 Å². The highest BCUT2D eigenvalue weighted by Crippen LogP contribution is 2.36. The summed E-state index contributed by atoms with van der Waals surface area (Å²) in [6, 6.07) is 8.77. The Morgan fingerprint density at radius 1 is 1.11 bits per heavy atom. The Balaban J connectivity index is 1.91. The average Bonchev–Trinajstić information content (AvgIpc) is 2.67. The van der Waals surface area contributed by atoms with Crippen LogP contribution in [0.5, 0.6) is 17.2 Å². The summed E-state index contributed by atoms with van der Waals surface area (Å²) < 4.78 is 22.4. The molecular formula is C22H20O6. The molecule has 6 heteroatoms. The van der Waals surface area contributed by atoms with Crippen molar-refractivity contribution in [2.45, 2.75) is 27.2 Å². The number of rotatable bonds is 3. The van der Waals surface area contributed by atoms with E-state index in [1.165, 1.54) is 6.92 Å². The summed E-state index contributed by atoms with van der Waals surface area (Å²) in [5, 5.41) is 0.447. The van der Waals surface area contributed by atoms with Crippen LogP contribution in [0.25, 0.3) is 22.1 Å².